The number of alkyl halides is 3. The van der Waals surface area contributed by atoms with E-state index in [9.17, 15) is 18.0 Å². The lowest BCUT2D eigenvalue weighted by Crippen LogP contribution is -2.25. The Balaban J connectivity index is 2.63. The number of hydrogen-bond donors (Lipinski definition) is 1. The predicted octanol–water partition coefficient (Wildman–Crippen LogP) is 1.29. The van der Waals surface area contributed by atoms with Gasteiger partial charge in [0.15, 0.2) is 5.56 Å². The zero-order valence-corrected chi connectivity index (χ0v) is 9.95. The van der Waals surface area contributed by atoms with E-state index in [1.54, 1.807) is 13.0 Å². The van der Waals surface area contributed by atoms with E-state index in [-0.39, 0.29) is 5.95 Å². The summed E-state index contributed by atoms with van der Waals surface area (Å²) in [5.41, 5.74) is -2.17. The Morgan fingerprint density at radius 2 is 2.11 bits per heavy atom. The first-order valence-electron chi connectivity index (χ1n) is 5.11. The fraction of sp³-hybridized carbons (Fsp3) is 0.300. The molecule has 0 aliphatic heterocycles. The van der Waals surface area contributed by atoms with Crippen LogP contribution in [0.5, 0.6) is 5.88 Å². The fourth-order valence-electron chi connectivity index (χ4n) is 1.48. The predicted molar refractivity (Wildman–Crippen MR) is 58.3 cm³/mol. The van der Waals surface area contributed by atoms with Crippen LogP contribution in [-0.2, 0) is 6.18 Å². The lowest BCUT2D eigenvalue weighted by atomic mass is 10.3. The van der Waals surface area contributed by atoms with E-state index in [1.807, 2.05) is 4.98 Å². The van der Waals surface area contributed by atoms with Crippen molar-refractivity contribution in [3.8, 4) is 11.8 Å². The molecule has 2 rings (SSSR count). The van der Waals surface area contributed by atoms with Gasteiger partial charge in [-0.05, 0) is 13.0 Å². The van der Waals surface area contributed by atoms with Crippen molar-refractivity contribution >= 4 is 0 Å². The molecule has 2 heterocycles. The number of halogens is 3. The molecular weight excluding hydrogens is 265 g/mol. The second-order valence-corrected chi connectivity index (χ2v) is 3.67. The van der Waals surface area contributed by atoms with Gasteiger partial charge < -0.3 is 4.74 Å². The average molecular weight is 274 g/mol. The molecule has 0 bridgehead atoms. The number of aryl methyl sites for hydroxylation is 1. The normalized spacial score (nSPS) is 11.6. The quantitative estimate of drug-likeness (QED) is 0.895. The maximum atomic E-state index is 12.7. The summed E-state index contributed by atoms with van der Waals surface area (Å²) < 4.78 is 43.7. The largest absolute Gasteiger partial charge is 0.480 e. The first-order valence-corrected chi connectivity index (χ1v) is 5.11. The third kappa shape index (κ3) is 2.44. The SMILES string of the molecule is COc1nc(-n2ccc(C)n2)[nH]c(=O)c1C(F)(F)F. The third-order valence-corrected chi connectivity index (χ3v) is 2.29. The highest BCUT2D eigenvalue weighted by Gasteiger charge is 2.39. The molecule has 0 radical (unpaired) electrons. The fourth-order valence-corrected chi connectivity index (χ4v) is 1.48. The molecule has 2 aromatic heterocycles. The van der Waals surface area contributed by atoms with Crippen LogP contribution in [0.25, 0.3) is 5.95 Å². The van der Waals surface area contributed by atoms with Crippen LogP contribution >= 0.6 is 0 Å². The van der Waals surface area contributed by atoms with Crippen LogP contribution in [0.4, 0.5) is 13.2 Å². The van der Waals surface area contributed by atoms with Crippen LogP contribution in [-0.4, -0.2) is 26.9 Å². The highest BCUT2D eigenvalue weighted by molar-refractivity contribution is 5.30. The van der Waals surface area contributed by atoms with Gasteiger partial charge in [-0.15, -0.1) is 0 Å². The summed E-state index contributed by atoms with van der Waals surface area (Å²) in [7, 11) is 1.01. The van der Waals surface area contributed by atoms with E-state index in [1.165, 1.54) is 6.20 Å². The first-order chi connectivity index (χ1) is 8.82. The molecule has 1 N–H and O–H groups in total. The summed E-state index contributed by atoms with van der Waals surface area (Å²) >= 11 is 0. The molecule has 0 spiro atoms. The summed E-state index contributed by atoms with van der Waals surface area (Å²) in [6.07, 6.45) is -3.38. The Bertz CT molecular complexity index is 660. The molecule has 0 aromatic carbocycles. The van der Waals surface area contributed by atoms with E-state index in [0.717, 1.165) is 11.8 Å². The Labute approximate surface area is 104 Å². The number of aromatic amines is 1. The molecule has 0 amide bonds. The average Bonchev–Trinajstić information content (AvgIpc) is 2.73. The van der Waals surface area contributed by atoms with Crippen LogP contribution in [0, 0.1) is 6.92 Å². The molecule has 0 fully saturated rings. The number of hydrogen-bond acceptors (Lipinski definition) is 4. The van der Waals surface area contributed by atoms with Crippen LogP contribution in [0.15, 0.2) is 17.1 Å². The topological polar surface area (TPSA) is 72.8 Å². The molecule has 0 aliphatic carbocycles. The van der Waals surface area contributed by atoms with Gasteiger partial charge in [0.1, 0.15) is 0 Å². The second kappa shape index (κ2) is 4.41. The van der Waals surface area contributed by atoms with Gasteiger partial charge in [-0.3, -0.25) is 9.78 Å². The van der Waals surface area contributed by atoms with E-state index in [4.69, 9.17) is 0 Å². The van der Waals surface area contributed by atoms with Gasteiger partial charge in [0.05, 0.1) is 12.8 Å². The molecule has 0 saturated heterocycles. The van der Waals surface area contributed by atoms with Crippen molar-refractivity contribution in [3.05, 3.63) is 33.9 Å². The molecule has 0 unspecified atom stereocenters. The first kappa shape index (κ1) is 13.1. The number of nitrogens with zero attached hydrogens (tertiary/aromatic N) is 3. The maximum absolute atomic E-state index is 12.7. The van der Waals surface area contributed by atoms with E-state index >= 15 is 0 Å². The van der Waals surface area contributed by atoms with Crippen molar-refractivity contribution in [1.82, 2.24) is 19.7 Å². The molecule has 19 heavy (non-hydrogen) atoms. The lowest BCUT2D eigenvalue weighted by Gasteiger charge is -2.10. The second-order valence-electron chi connectivity index (χ2n) is 3.67. The molecular formula is C10H9F3N4O2. The molecule has 2 aromatic rings. The minimum absolute atomic E-state index is 0.150. The van der Waals surface area contributed by atoms with Crippen LogP contribution in [0.3, 0.4) is 0 Å². The minimum Gasteiger partial charge on any atom is -0.480 e. The molecule has 9 heteroatoms. The van der Waals surface area contributed by atoms with Crippen LogP contribution in [0.2, 0.25) is 0 Å². The van der Waals surface area contributed by atoms with Crippen molar-refractivity contribution in [2.75, 3.05) is 7.11 Å². The van der Waals surface area contributed by atoms with E-state index < -0.39 is 23.2 Å². The van der Waals surface area contributed by atoms with Crippen molar-refractivity contribution in [1.29, 1.82) is 0 Å². The molecule has 0 aliphatic rings. The Hall–Kier alpha value is -2.32. The Morgan fingerprint density at radius 1 is 1.42 bits per heavy atom. The van der Waals surface area contributed by atoms with Gasteiger partial charge in [-0.1, -0.05) is 0 Å². The van der Waals surface area contributed by atoms with Gasteiger partial charge in [0.25, 0.3) is 5.56 Å². The summed E-state index contributed by atoms with van der Waals surface area (Å²) in [6.45, 7) is 1.69. The Kier molecular flexibility index (Phi) is 3.05. The summed E-state index contributed by atoms with van der Waals surface area (Å²) in [6, 6.07) is 1.62. The third-order valence-electron chi connectivity index (χ3n) is 2.29. The smallest absolute Gasteiger partial charge is 0.426 e. The van der Waals surface area contributed by atoms with Crippen molar-refractivity contribution in [3.63, 3.8) is 0 Å². The number of methoxy groups -OCH3 is 1. The van der Waals surface area contributed by atoms with Crippen LogP contribution in [0.1, 0.15) is 11.3 Å². The standard InChI is InChI=1S/C10H9F3N4O2/c1-5-3-4-17(16-5)9-14-7(18)6(10(11,12)13)8(15-9)19-2/h3-4H,1-2H3,(H,14,15,18). The number of aromatic nitrogens is 4. The number of rotatable bonds is 2. The van der Waals surface area contributed by atoms with Crippen LogP contribution < -0.4 is 10.3 Å². The number of nitrogens with one attached hydrogen (secondary N) is 1. The zero-order valence-electron chi connectivity index (χ0n) is 9.95. The highest BCUT2D eigenvalue weighted by atomic mass is 19.4. The van der Waals surface area contributed by atoms with E-state index in [0.29, 0.717) is 5.69 Å². The van der Waals surface area contributed by atoms with Gasteiger partial charge in [-0.2, -0.15) is 23.3 Å². The summed E-state index contributed by atoms with van der Waals surface area (Å²) in [5.74, 6) is -0.942. The van der Waals surface area contributed by atoms with Crippen molar-refractivity contribution < 1.29 is 17.9 Å². The monoisotopic (exact) mass is 274 g/mol. The summed E-state index contributed by atoms with van der Waals surface area (Å²) in [4.78, 5) is 17.1. The molecule has 102 valence electrons. The maximum Gasteiger partial charge on any atom is 0.426 e. The summed E-state index contributed by atoms with van der Waals surface area (Å²) in [5, 5.41) is 3.94. The van der Waals surface area contributed by atoms with Gasteiger partial charge in [0, 0.05) is 6.20 Å². The minimum atomic E-state index is -4.84. The van der Waals surface area contributed by atoms with E-state index in [2.05, 4.69) is 14.8 Å². The number of ether oxygens (including phenoxy) is 1. The Morgan fingerprint density at radius 3 is 2.58 bits per heavy atom. The molecule has 0 saturated carbocycles. The van der Waals surface area contributed by atoms with Gasteiger partial charge in [0.2, 0.25) is 11.8 Å². The highest BCUT2D eigenvalue weighted by Crippen LogP contribution is 2.32. The number of H-pyrrole nitrogens is 1. The van der Waals surface area contributed by atoms with Gasteiger partial charge in [-0.25, -0.2) is 4.68 Å². The van der Waals surface area contributed by atoms with Crippen molar-refractivity contribution in [2.45, 2.75) is 13.1 Å². The lowest BCUT2D eigenvalue weighted by molar-refractivity contribution is -0.140. The van der Waals surface area contributed by atoms with Crippen molar-refractivity contribution in [2.24, 2.45) is 0 Å². The molecule has 6 nitrogen and oxygen atoms in total. The zero-order chi connectivity index (χ0) is 14.2. The van der Waals surface area contributed by atoms with Gasteiger partial charge >= 0.3 is 6.18 Å². The molecule has 0 atom stereocenters.